The Balaban J connectivity index is 1.12. The summed E-state index contributed by atoms with van der Waals surface area (Å²) in [5.74, 6) is 1.88. The molecule has 0 fully saturated rings. The van der Waals surface area contributed by atoms with Crippen molar-refractivity contribution in [2.75, 3.05) is 0 Å². The first-order valence-electron chi connectivity index (χ1n) is 16.2. The molecule has 0 saturated carbocycles. The van der Waals surface area contributed by atoms with Crippen LogP contribution in [0.5, 0.6) is 0 Å². The third-order valence-electron chi connectivity index (χ3n) is 8.79. The van der Waals surface area contributed by atoms with Crippen LogP contribution in [0.2, 0.25) is 0 Å². The lowest BCUT2D eigenvalue weighted by Crippen LogP contribution is -2.00. The van der Waals surface area contributed by atoms with Gasteiger partial charge in [-0.15, -0.1) is 0 Å². The number of nitrogens with one attached hydrogen (secondary N) is 1. The van der Waals surface area contributed by atoms with Gasteiger partial charge in [0.1, 0.15) is 0 Å². The van der Waals surface area contributed by atoms with E-state index in [9.17, 15) is 0 Å². The molecule has 9 aromatic rings. The van der Waals surface area contributed by atoms with Crippen LogP contribution in [-0.2, 0) is 0 Å². The van der Waals surface area contributed by atoms with Crippen molar-refractivity contribution in [3.8, 4) is 67.8 Å². The van der Waals surface area contributed by atoms with Gasteiger partial charge in [0, 0.05) is 62.0 Å². The van der Waals surface area contributed by atoms with Crippen molar-refractivity contribution < 1.29 is 0 Å². The van der Waals surface area contributed by atoms with Gasteiger partial charge in [-0.3, -0.25) is 9.97 Å². The van der Waals surface area contributed by atoms with E-state index in [0.29, 0.717) is 17.5 Å². The number of aromatic amines is 1. The molecule has 0 aliphatic rings. The number of rotatable bonds is 6. The Labute approximate surface area is 282 Å². The summed E-state index contributed by atoms with van der Waals surface area (Å²) in [7, 11) is 0. The van der Waals surface area contributed by atoms with E-state index in [1.54, 1.807) is 6.20 Å². The minimum Gasteiger partial charge on any atom is -0.355 e. The molecule has 0 unspecified atom stereocenters. The SMILES string of the molecule is c1ccc(-c2ccc(-c3nc(-c4ccccc4)nc(-c4ccc5[nH]c6ccc(-c7ccc(-c8ccccn8)cn7)cc6c5c4)n3)cc2)cc1. The van der Waals surface area contributed by atoms with Gasteiger partial charge < -0.3 is 4.98 Å². The zero-order valence-corrected chi connectivity index (χ0v) is 26.3. The summed E-state index contributed by atoms with van der Waals surface area (Å²) in [6.45, 7) is 0. The average Bonchev–Trinajstić information content (AvgIpc) is 3.56. The van der Waals surface area contributed by atoms with Crippen LogP contribution in [0, 0.1) is 0 Å². The van der Waals surface area contributed by atoms with Gasteiger partial charge in [-0.2, -0.15) is 0 Å². The first-order chi connectivity index (χ1) is 24.2. The van der Waals surface area contributed by atoms with Crippen LogP contribution in [-0.4, -0.2) is 29.9 Å². The van der Waals surface area contributed by atoms with Gasteiger partial charge in [0.25, 0.3) is 0 Å². The topological polar surface area (TPSA) is 80.2 Å². The molecule has 0 saturated heterocycles. The second kappa shape index (κ2) is 12.1. The number of nitrogens with zero attached hydrogens (tertiary/aromatic N) is 5. The Morgan fingerprint density at radius 1 is 0.347 bits per heavy atom. The molecule has 4 aromatic heterocycles. The number of pyridine rings is 2. The summed E-state index contributed by atoms with van der Waals surface area (Å²) in [6, 6.07) is 51.6. The van der Waals surface area contributed by atoms with Crippen LogP contribution < -0.4 is 0 Å². The maximum atomic E-state index is 5.02. The van der Waals surface area contributed by atoms with Gasteiger partial charge in [0.2, 0.25) is 0 Å². The summed E-state index contributed by atoms with van der Waals surface area (Å²) >= 11 is 0. The van der Waals surface area contributed by atoms with Gasteiger partial charge in [-0.1, -0.05) is 97.1 Å². The summed E-state index contributed by atoms with van der Waals surface area (Å²) in [4.78, 5) is 27.8. The largest absolute Gasteiger partial charge is 0.355 e. The van der Waals surface area contributed by atoms with E-state index in [4.69, 9.17) is 19.9 Å². The first-order valence-corrected chi connectivity index (χ1v) is 16.2. The van der Waals surface area contributed by atoms with Gasteiger partial charge in [0.15, 0.2) is 17.5 Å². The van der Waals surface area contributed by atoms with E-state index in [-0.39, 0.29) is 0 Å². The van der Waals surface area contributed by atoms with Crippen LogP contribution in [0.1, 0.15) is 0 Å². The Morgan fingerprint density at radius 2 is 0.837 bits per heavy atom. The predicted molar refractivity (Wildman–Crippen MR) is 197 cm³/mol. The van der Waals surface area contributed by atoms with Crippen molar-refractivity contribution >= 4 is 21.8 Å². The third kappa shape index (κ3) is 5.51. The molecule has 6 heteroatoms. The lowest BCUT2D eigenvalue weighted by Gasteiger charge is -2.09. The number of hydrogen-bond donors (Lipinski definition) is 1. The van der Waals surface area contributed by atoms with Crippen molar-refractivity contribution in [2.24, 2.45) is 0 Å². The molecule has 0 bridgehead atoms. The fourth-order valence-electron chi connectivity index (χ4n) is 6.24. The van der Waals surface area contributed by atoms with Crippen molar-refractivity contribution in [1.82, 2.24) is 29.9 Å². The van der Waals surface area contributed by atoms with Crippen molar-refractivity contribution in [2.45, 2.75) is 0 Å². The molecular formula is C43H28N6. The minimum atomic E-state index is 0.621. The molecule has 6 nitrogen and oxygen atoms in total. The number of hydrogen-bond acceptors (Lipinski definition) is 5. The maximum absolute atomic E-state index is 5.02. The van der Waals surface area contributed by atoms with E-state index >= 15 is 0 Å². The number of benzene rings is 5. The second-order valence-corrected chi connectivity index (χ2v) is 11.9. The van der Waals surface area contributed by atoms with Crippen LogP contribution in [0.3, 0.4) is 0 Å². The number of fused-ring (bicyclic) bond motifs is 3. The molecule has 0 spiro atoms. The molecule has 9 rings (SSSR count). The molecule has 230 valence electrons. The van der Waals surface area contributed by atoms with Gasteiger partial charge >= 0.3 is 0 Å². The summed E-state index contributed by atoms with van der Waals surface area (Å²) in [5, 5.41) is 2.20. The summed E-state index contributed by atoms with van der Waals surface area (Å²) in [6.07, 6.45) is 3.68. The number of H-pyrrole nitrogens is 1. The van der Waals surface area contributed by atoms with E-state index < -0.39 is 0 Å². The molecule has 0 radical (unpaired) electrons. The highest BCUT2D eigenvalue weighted by atomic mass is 15.0. The van der Waals surface area contributed by atoms with Gasteiger partial charge in [-0.05, 0) is 65.7 Å². The average molecular weight is 629 g/mol. The quantitative estimate of drug-likeness (QED) is 0.198. The summed E-state index contributed by atoms with van der Waals surface area (Å²) in [5.41, 5.74) is 11.0. The molecule has 0 atom stereocenters. The molecular weight excluding hydrogens is 601 g/mol. The van der Waals surface area contributed by atoms with E-state index in [2.05, 4.69) is 107 Å². The van der Waals surface area contributed by atoms with E-state index in [0.717, 1.165) is 66.6 Å². The second-order valence-electron chi connectivity index (χ2n) is 11.9. The lowest BCUT2D eigenvalue weighted by molar-refractivity contribution is 1.07. The molecule has 0 amide bonds. The Morgan fingerprint density at radius 3 is 1.47 bits per heavy atom. The Hall–Kier alpha value is -6.79. The smallest absolute Gasteiger partial charge is 0.164 e. The Kier molecular flexibility index (Phi) is 7.02. The van der Waals surface area contributed by atoms with Gasteiger partial charge in [0.05, 0.1) is 11.4 Å². The van der Waals surface area contributed by atoms with E-state index in [1.807, 2.05) is 60.8 Å². The fourth-order valence-corrected chi connectivity index (χ4v) is 6.24. The standard InChI is InChI=1S/C43H28N6/c1-3-9-28(10-4-1)29-14-16-31(17-15-29)42-47-41(30-11-5-2-6-12-30)48-43(49-42)33-19-23-40-36(26-33)35-25-32(18-22-39(35)46-40)38-21-20-34(27-45-38)37-13-7-8-24-44-37/h1-27,46H. The first kappa shape index (κ1) is 28.4. The van der Waals surface area contributed by atoms with Crippen molar-refractivity contribution in [3.05, 3.63) is 164 Å². The van der Waals surface area contributed by atoms with Crippen LogP contribution in [0.25, 0.3) is 89.6 Å². The van der Waals surface area contributed by atoms with Crippen molar-refractivity contribution in [1.29, 1.82) is 0 Å². The van der Waals surface area contributed by atoms with Crippen LogP contribution in [0.4, 0.5) is 0 Å². The molecule has 49 heavy (non-hydrogen) atoms. The zero-order chi connectivity index (χ0) is 32.6. The monoisotopic (exact) mass is 628 g/mol. The number of aromatic nitrogens is 6. The Bertz CT molecular complexity index is 2560. The lowest BCUT2D eigenvalue weighted by atomic mass is 10.0. The fraction of sp³-hybridized carbons (Fsp3) is 0. The molecule has 5 aromatic carbocycles. The third-order valence-corrected chi connectivity index (χ3v) is 8.79. The molecule has 4 heterocycles. The van der Waals surface area contributed by atoms with Crippen LogP contribution in [0.15, 0.2) is 164 Å². The minimum absolute atomic E-state index is 0.621. The van der Waals surface area contributed by atoms with Crippen molar-refractivity contribution in [3.63, 3.8) is 0 Å². The van der Waals surface area contributed by atoms with Crippen LogP contribution >= 0.6 is 0 Å². The maximum Gasteiger partial charge on any atom is 0.164 e. The summed E-state index contributed by atoms with van der Waals surface area (Å²) < 4.78 is 0. The van der Waals surface area contributed by atoms with Gasteiger partial charge in [-0.25, -0.2) is 15.0 Å². The molecule has 0 aliphatic heterocycles. The highest BCUT2D eigenvalue weighted by Crippen LogP contribution is 2.33. The molecule has 0 aliphatic carbocycles. The highest BCUT2D eigenvalue weighted by molar-refractivity contribution is 6.09. The highest BCUT2D eigenvalue weighted by Gasteiger charge is 2.15. The predicted octanol–water partition coefficient (Wildman–Crippen LogP) is 10.3. The molecule has 1 N–H and O–H groups in total. The van der Waals surface area contributed by atoms with E-state index in [1.165, 1.54) is 5.56 Å². The normalized spacial score (nSPS) is 11.3. The zero-order valence-electron chi connectivity index (χ0n) is 26.3.